The maximum Gasteiger partial charge on any atom is 0.306 e. The van der Waals surface area contributed by atoms with Crippen LogP contribution in [0.3, 0.4) is 0 Å². The molecular weight excluding hydrogens is 961 g/mol. The first-order chi connectivity index (χ1) is 38.5. The molecule has 6 nitrogen and oxygen atoms in total. The fourth-order valence-corrected chi connectivity index (χ4v) is 8.80. The van der Waals surface area contributed by atoms with Crippen LogP contribution in [0.4, 0.5) is 0 Å². The van der Waals surface area contributed by atoms with Crippen molar-refractivity contribution in [2.45, 2.75) is 303 Å². The first-order valence-electron chi connectivity index (χ1n) is 32.5. The molecule has 0 spiro atoms. The minimum atomic E-state index is -0.797. The van der Waals surface area contributed by atoms with Crippen LogP contribution in [-0.2, 0) is 28.6 Å². The monoisotopic (exact) mass is 1080 g/mol. The van der Waals surface area contributed by atoms with Crippen molar-refractivity contribution < 1.29 is 28.6 Å². The molecular formula is C72H120O6. The molecule has 0 saturated carbocycles. The Morgan fingerprint density at radius 3 is 0.821 bits per heavy atom. The molecule has 0 saturated heterocycles. The van der Waals surface area contributed by atoms with Crippen LogP contribution in [0.2, 0.25) is 0 Å². The van der Waals surface area contributed by atoms with E-state index in [0.717, 1.165) is 148 Å². The van der Waals surface area contributed by atoms with Crippen molar-refractivity contribution in [1.29, 1.82) is 0 Å². The van der Waals surface area contributed by atoms with Crippen molar-refractivity contribution >= 4 is 17.9 Å². The summed E-state index contributed by atoms with van der Waals surface area (Å²) in [6.07, 6.45) is 90.5. The summed E-state index contributed by atoms with van der Waals surface area (Å²) in [5.41, 5.74) is 0. The number of hydrogen-bond acceptors (Lipinski definition) is 6. The van der Waals surface area contributed by atoms with E-state index in [-0.39, 0.29) is 31.1 Å². The van der Waals surface area contributed by atoms with E-state index >= 15 is 0 Å². The molecule has 0 radical (unpaired) electrons. The molecule has 0 N–H and O–H groups in total. The quantitative estimate of drug-likeness (QED) is 0.0261. The molecule has 1 atom stereocenters. The Hall–Kier alpha value is -4.19. The Morgan fingerprint density at radius 1 is 0.269 bits per heavy atom. The normalized spacial score (nSPS) is 12.9. The SMILES string of the molecule is CC/C=C\C/C=C\C/C=C\C/C=C\C/C=C\C/C=C\C/C=C\CCCCCCCCCC(=O)OCC(COC(=O)CCCCCCC/C=C\C/C=C\CCCCC)OC(=O)CCCCCCC/C=C\CCCCCCCCC. The number of hydrogen-bond donors (Lipinski definition) is 0. The van der Waals surface area contributed by atoms with Gasteiger partial charge in [0.2, 0.25) is 0 Å². The van der Waals surface area contributed by atoms with Crippen LogP contribution in [0.15, 0.2) is 122 Å². The van der Waals surface area contributed by atoms with Gasteiger partial charge >= 0.3 is 17.9 Å². The highest BCUT2D eigenvalue weighted by Crippen LogP contribution is 2.15. The fraction of sp³-hybridized carbons (Fsp3) is 0.681. The second-order valence-electron chi connectivity index (χ2n) is 21.3. The van der Waals surface area contributed by atoms with E-state index in [1.165, 1.54) is 109 Å². The van der Waals surface area contributed by atoms with E-state index in [9.17, 15) is 14.4 Å². The summed E-state index contributed by atoms with van der Waals surface area (Å²) in [5.74, 6) is -0.920. The Balaban J connectivity index is 4.37. The number of allylic oxidation sites excluding steroid dienone is 20. The Labute approximate surface area is 482 Å². The molecule has 0 aliphatic heterocycles. The largest absolute Gasteiger partial charge is 0.462 e. The lowest BCUT2D eigenvalue weighted by Crippen LogP contribution is -2.30. The van der Waals surface area contributed by atoms with Gasteiger partial charge in [-0.15, -0.1) is 0 Å². The van der Waals surface area contributed by atoms with Gasteiger partial charge in [-0.05, 0) is 135 Å². The van der Waals surface area contributed by atoms with Crippen molar-refractivity contribution in [2.24, 2.45) is 0 Å². The van der Waals surface area contributed by atoms with Crippen molar-refractivity contribution in [2.75, 3.05) is 13.2 Å². The third-order valence-corrected chi connectivity index (χ3v) is 13.7. The van der Waals surface area contributed by atoms with Crippen molar-refractivity contribution in [3.05, 3.63) is 122 Å². The maximum absolute atomic E-state index is 12.9. The van der Waals surface area contributed by atoms with E-state index < -0.39 is 6.10 Å². The average molecular weight is 1080 g/mol. The lowest BCUT2D eigenvalue weighted by molar-refractivity contribution is -0.167. The molecule has 0 aromatic rings. The lowest BCUT2D eigenvalue weighted by atomic mass is 10.1. The number of carbonyl (C=O) groups excluding carboxylic acids is 3. The Morgan fingerprint density at radius 2 is 0.500 bits per heavy atom. The summed E-state index contributed by atoms with van der Waals surface area (Å²) >= 11 is 0. The van der Waals surface area contributed by atoms with Crippen LogP contribution in [0, 0.1) is 0 Å². The van der Waals surface area contributed by atoms with Crippen LogP contribution >= 0.6 is 0 Å². The van der Waals surface area contributed by atoms with Crippen LogP contribution < -0.4 is 0 Å². The van der Waals surface area contributed by atoms with Gasteiger partial charge in [0.1, 0.15) is 13.2 Å². The van der Waals surface area contributed by atoms with Gasteiger partial charge in [-0.1, -0.05) is 264 Å². The molecule has 0 aromatic heterocycles. The van der Waals surface area contributed by atoms with E-state index in [4.69, 9.17) is 14.2 Å². The van der Waals surface area contributed by atoms with Crippen molar-refractivity contribution in [3.8, 4) is 0 Å². The summed E-state index contributed by atoms with van der Waals surface area (Å²) in [7, 11) is 0. The molecule has 0 rings (SSSR count). The fourth-order valence-electron chi connectivity index (χ4n) is 8.80. The van der Waals surface area contributed by atoms with Gasteiger partial charge in [0.25, 0.3) is 0 Å². The maximum atomic E-state index is 12.9. The molecule has 0 aliphatic carbocycles. The topological polar surface area (TPSA) is 78.9 Å². The first kappa shape index (κ1) is 73.8. The molecule has 0 bridgehead atoms. The predicted octanol–water partition coefficient (Wildman–Crippen LogP) is 22.4. The highest BCUT2D eigenvalue weighted by molar-refractivity contribution is 5.71. The van der Waals surface area contributed by atoms with Gasteiger partial charge in [-0.2, -0.15) is 0 Å². The minimum Gasteiger partial charge on any atom is -0.462 e. The predicted molar refractivity (Wildman–Crippen MR) is 339 cm³/mol. The number of unbranched alkanes of at least 4 members (excludes halogenated alkanes) is 27. The summed E-state index contributed by atoms with van der Waals surface area (Å²) < 4.78 is 16.9. The highest BCUT2D eigenvalue weighted by atomic mass is 16.6. The van der Waals surface area contributed by atoms with Gasteiger partial charge in [0.05, 0.1) is 0 Å². The second kappa shape index (κ2) is 65.3. The molecule has 78 heavy (non-hydrogen) atoms. The summed E-state index contributed by atoms with van der Waals surface area (Å²) in [5, 5.41) is 0. The van der Waals surface area contributed by atoms with Gasteiger partial charge < -0.3 is 14.2 Å². The van der Waals surface area contributed by atoms with Crippen molar-refractivity contribution in [1.82, 2.24) is 0 Å². The molecule has 0 amide bonds. The Kier molecular flexibility index (Phi) is 61.8. The van der Waals surface area contributed by atoms with Gasteiger partial charge in [-0.3, -0.25) is 14.4 Å². The number of rotatable bonds is 58. The van der Waals surface area contributed by atoms with Gasteiger partial charge in [0, 0.05) is 19.3 Å². The highest BCUT2D eigenvalue weighted by Gasteiger charge is 2.19. The number of carbonyl (C=O) groups is 3. The summed E-state index contributed by atoms with van der Waals surface area (Å²) in [4.78, 5) is 38.3. The molecule has 444 valence electrons. The van der Waals surface area contributed by atoms with E-state index in [1.54, 1.807) is 0 Å². The number of esters is 3. The van der Waals surface area contributed by atoms with Crippen LogP contribution in [-0.4, -0.2) is 37.2 Å². The molecule has 0 aliphatic rings. The third-order valence-electron chi connectivity index (χ3n) is 13.7. The van der Waals surface area contributed by atoms with Crippen LogP contribution in [0.1, 0.15) is 297 Å². The molecule has 0 fully saturated rings. The Bertz CT molecular complexity index is 1620. The summed E-state index contributed by atoms with van der Waals surface area (Å²) in [6, 6.07) is 0. The molecule has 6 heteroatoms. The standard InChI is InChI=1S/C72H120O6/c1-4-7-10-13-16-19-22-25-28-30-31-32-33-34-35-36-37-38-39-40-41-42-45-47-50-53-56-59-62-65-71(74)77-68-69(67-76-70(73)64-61-58-55-52-49-46-43-27-24-21-18-15-12-9-6-3)78-72(75)66-63-60-57-54-51-48-44-29-26-23-20-17-14-11-8-5-2/h7,10,16,18-19,21,25,27-29,31-32,34-35,37-38,40-41,43-44,69H,4-6,8-9,11-15,17,20,22-24,26,30,33,36,39,42,45-68H2,1-3H3/b10-7-,19-16-,21-18-,28-25-,32-31-,35-34-,38-37-,41-40-,43-27-,44-29-. The molecule has 1 unspecified atom stereocenters. The third kappa shape index (κ3) is 62.7. The first-order valence-corrected chi connectivity index (χ1v) is 32.5. The zero-order valence-electron chi connectivity index (χ0n) is 50.9. The zero-order chi connectivity index (χ0) is 56.4. The average Bonchev–Trinajstić information content (AvgIpc) is 3.44. The number of ether oxygens (including phenoxy) is 3. The van der Waals surface area contributed by atoms with E-state index in [1.807, 2.05) is 0 Å². The lowest BCUT2D eigenvalue weighted by Gasteiger charge is -2.18. The second-order valence-corrected chi connectivity index (χ2v) is 21.3. The molecule has 0 heterocycles. The van der Waals surface area contributed by atoms with Crippen LogP contribution in [0.25, 0.3) is 0 Å². The van der Waals surface area contributed by atoms with E-state index in [2.05, 4.69) is 142 Å². The van der Waals surface area contributed by atoms with Gasteiger partial charge in [0.15, 0.2) is 6.10 Å². The summed E-state index contributed by atoms with van der Waals surface area (Å²) in [6.45, 7) is 6.48. The van der Waals surface area contributed by atoms with Gasteiger partial charge in [-0.25, -0.2) is 0 Å². The van der Waals surface area contributed by atoms with Crippen LogP contribution in [0.5, 0.6) is 0 Å². The van der Waals surface area contributed by atoms with E-state index in [0.29, 0.717) is 19.3 Å². The zero-order valence-corrected chi connectivity index (χ0v) is 50.9. The minimum absolute atomic E-state index is 0.0934. The smallest absolute Gasteiger partial charge is 0.306 e. The van der Waals surface area contributed by atoms with Crippen molar-refractivity contribution in [3.63, 3.8) is 0 Å². The molecule has 0 aromatic carbocycles.